The Kier molecular flexibility index (Phi) is 6.63. The van der Waals surface area contributed by atoms with Crippen molar-refractivity contribution in [3.05, 3.63) is 22.4 Å². The third kappa shape index (κ3) is 4.92. The van der Waals surface area contributed by atoms with E-state index in [1.807, 2.05) is 18.4 Å². The zero-order valence-electron chi connectivity index (χ0n) is 14.2. The van der Waals surface area contributed by atoms with E-state index >= 15 is 0 Å². The van der Waals surface area contributed by atoms with Gasteiger partial charge in [-0.3, -0.25) is 4.99 Å². The minimum atomic E-state index is 0.127. The molecule has 1 aliphatic carbocycles. The lowest BCUT2D eigenvalue weighted by Crippen LogP contribution is -2.46. The number of nitrogens with zero attached hydrogens (tertiary/aromatic N) is 1. The molecule has 0 bridgehead atoms. The molecule has 1 fully saturated rings. The van der Waals surface area contributed by atoms with Crippen LogP contribution >= 0.6 is 23.1 Å². The van der Waals surface area contributed by atoms with Gasteiger partial charge < -0.3 is 10.6 Å². The van der Waals surface area contributed by atoms with Gasteiger partial charge in [0, 0.05) is 35.2 Å². The highest BCUT2D eigenvalue weighted by atomic mass is 32.2. The minimum Gasteiger partial charge on any atom is -0.356 e. The summed E-state index contributed by atoms with van der Waals surface area (Å²) in [5.41, 5.74) is 0.127. The van der Waals surface area contributed by atoms with Crippen LogP contribution in [0.25, 0.3) is 0 Å². The van der Waals surface area contributed by atoms with Crippen molar-refractivity contribution in [1.82, 2.24) is 10.6 Å². The van der Waals surface area contributed by atoms with Crippen molar-refractivity contribution in [2.45, 2.75) is 56.7 Å². The molecule has 1 aliphatic rings. The predicted octanol–water partition coefficient (Wildman–Crippen LogP) is 3.86. The molecule has 1 aromatic heterocycles. The van der Waals surface area contributed by atoms with Crippen molar-refractivity contribution in [3.63, 3.8) is 0 Å². The van der Waals surface area contributed by atoms with Crippen molar-refractivity contribution in [2.75, 3.05) is 19.3 Å². The molecule has 0 saturated heterocycles. The van der Waals surface area contributed by atoms with E-state index in [9.17, 15) is 0 Å². The quantitative estimate of drug-likeness (QED) is 0.610. The topological polar surface area (TPSA) is 36.4 Å². The summed E-state index contributed by atoms with van der Waals surface area (Å²) in [5.74, 6) is 2.16. The molecule has 1 heterocycles. The molecular formula is C17H29N3S2. The summed E-state index contributed by atoms with van der Waals surface area (Å²) in [7, 11) is 1.86. The molecule has 3 nitrogen and oxygen atoms in total. The van der Waals surface area contributed by atoms with Crippen molar-refractivity contribution >= 4 is 29.1 Å². The first-order valence-corrected chi connectivity index (χ1v) is 10.1. The fourth-order valence-electron chi connectivity index (χ4n) is 2.90. The maximum Gasteiger partial charge on any atom is 0.191 e. The number of guanidine groups is 1. The fourth-order valence-corrected chi connectivity index (χ4v) is 4.90. The summed E-state index contributed by atoms with van der Waals surface area (Å²) in [5, 5.41) is 10.1. The third-order valence-corrected chi connectivity index (χ3v) is 6.71. The van der Waals surface area contributed by atoms with Crippen LogP contribution in [-0.2, 0) is 5.41 Å². The molecule has 2 unspecified atom stereocenters. The number of hydrogen-bond donors (Lipinski definition) is 2. The van der Waals surface area contributed by atoms with Gasteiger partial charge in [0.15, 0.2) is 5.96 Å². The molecule has 2 N–H and O–H groups in total. The smallest absolute Gasteiger partial charge is 0.191 e. The number of thioether (sulfide) groups is 1. The van der Waals surface area contributed by atoms with E-state index < -0.39 is 0 Å². The average molecular weight is 340 g/mol. The van der Waals surface area contributed by atoms with Gasteiger partial charge in [-0.25, -0.2) is 0 Å². The molecule has 124 valence electrons. The monoisotopic (exact) mass is 339 g/mol. The summed E-state index contributed by atoms with van der Waals surface area (Å²) >= 11 is 3.92. The first-order valence-electron chi connectivity index (χ1n) is 8.18. The Morgan fingerprint density at radius 3 is 2.91 bits per heavy atom. The summed E-state index contributed by atoms with van der Waals surface area (Å²) in [6.45, 7) is 7.71. The summed E-state index contributed by atoms with van der Waals surface area (Å²) in [6, 6.07) is 4.91. The lowest BCUT2D eigenvalue weighted by Gasteiger charge is -2.26. The van der Waals surface area contributed by atoms with E-state index in [2.05, 4.69) is 65.7 Å². The molecule has 1 aromatic rings. The fraction of sp³-hybridized carbons (Fsp3) is 0.706. The van der Waals surface area contributed by atoms with E-state index in [-0.39, 0.29) is 5.41 Å². The highest BCUT2D eigenvalue weighted by molar-refractivity contribution is 7.99. The van der Waals surface area contributed by atoms with E-state index in [4.69, 9.17) is 0 Å². The van der Waals surface area contributed by atoms with Gasteiger partial charge in [-0.05, 0) is 36.5 Å². The van der Waals surface area contributed by atoms with Gasteiger partial charge in [0.05, 0.1) is 0 Å². The average Bonchev–Trinajstić information content (AvgIpc) is 3.16. The Hall–Kier alpha value is -0.680. The van der Waals surface area contributed by atoms with Crippen LogP contribution in [0.15, 0.2) is 22.5 Å². The number of nitrogens with one attached hydrogen (secondary N) is 2. The second kappa shape index (κ2) is 8.25. The normalized spacial score (nSPS) is 22.8. The third-order valence-electron chi connectivity index (χ3n) is 4.24. The maximum absolute atomic E-state index is 4.40. The van der Waals surface area contributed by atoms with Gasteiger partial charge in [-0.1, -0.05) is 26.8 Å². The summed E-state index contributed by atoms with van der Waals surface area (Å²) in [4.78, 5) is 5.81. The van der Waals surface area contributed by atoms with Crippen LogP contribution in [-0.4, -0.2) is 36.6 Å². The van der Waals surface area contributed by atoms with Gasteiger partial charge in [0.2, 0.25) is 0 Å². The Bertz CT molecular complexity index is 468. The zero-order valence-corrected chi connectivity index (χ0v) is 15.8. The number of rotatable bonds is 6. The molecular weight excluding hydrogens is 310 g/mol. The van der Waals surface area contributed by atoms with Crippen molar-refractivity contribution in [3.8, 4) is 0 Å². The van der Waals surface area contributed by atoms with Crippen LogP contribution in [0.1, 0.15) is 44.9 Å². The van der Waals surface area contributed by atoms with E-state index in [0.29, 0.717) is 6.04 Å². The van der Waals surface area contributed by atoms with Crippen LogP contribution in [0.4, 0.5) is 0 Å². The highest BCUT2D eigenvalue weighted by Crippen LogP contribution is 2.30. The SMILES string of the molecule is CCSC1CCC(NC(=NC)NCC(C)(C)c2cccs2)C1. The molecule has 0 amide bonds. The largest absolute Gasteiger partial charge is 0.356 e. The molecule has 0 radical (unpaired) electrons. The molecule has 2 atom stereocenters. The van der Waals surface area contributed by atoms with Gasteiger partial charge >= 0.3 is 0 Å². The molecule has 0 aliphatic heterocycles. The van der Waals surface area contributed by atoms with Gasteiger partial charge in [0.25, 0.3) is 0 Å². The molecule has 0 spiro atoms. The van der Waals surface area contributed by atoms with Crippen LogP contribution < -0.4 is 10.6 Å². The molecule has 5 heteroatoms. The minimum absolute atomic E-state index is 0.127. The maximum atomic E-state index is 4.40. The van der Waals surface area contributed by atoms with Gasteiger partial charge in [0.1, 0.15) is 0 Å². The predicted molar refractivity (Wildman–Crippen MR) is 101 cm³/mol. The molecule has 22 heavy (non-hydrogen) atoms. The van der Waals surface area contributed by atoms with Crippen molar-refractivity contribution < 1.29 is 0 Å². The molecule has 2 rings (SSSR count). The van der Waals surface area contributed by atoms with E-state index in [0.717, 1.165) is 17.8 Å². The summed E-state index contributed by atoms with van der Waals surface area (Å²) in [6.07, 6.45) is 3.84. The Balaban J connectivity index is 1.81. The van der Waals surface area contributed by atoms with E-state index in [1.165, 1.54) is 29.9 Å². The second-order valence-electron chi connectivity index (χ2n) is 6.52. The lowest BCUT2D eigenvalue weighted by molar-refractivity contribution is 0.512. The number of aliphatic imine (C=N–C) groups is 1. The lowest BCUT2D eigenvalue weighted by atomic mass is 9.91. The Labute approximate surface area is 143 Å². The van der Waals surface area contributed by atoms with E-state index in [1.54, 1.807) is 0 Å². The number of thiophene rings is 1. The summed E-state index contributed by atoms with van der Waals surface area (Å²) < 4.78 is 0. The van der Waals surface area contributed by atoms with Gasteiger partial charge in [-0.2, -0.15) is 11.8 Å². The van der Waals surface area contributed by atoms with Crippen LogP contribution in [0.2, 0.25) is 0 Å². The Morgan fingerprint density at radius 2 is 2.27 bits per heavy atom. The number of hydrogen-bond acceptors (Lipinski definition) is 3. The van der Waals surface area contributed by atoms with Crippen molar-refractivity contribution in [2.24, 2.45) is 4.99 Å². The first-order chi connectivity index (χ1) is 10.5. The van der Waals surface area contributed by atoms with Crippen LogP contribution in [0.5, 0.6) is 0 Å². The molecule has 0 aromatic carbocycles. The van der Waals surface area contributed by atoms with Crippen LogP contribution in [0, 0.1) is 0 Å². The molecule has 1 saturated carbocycles. The van der Waals surface area contributed by atoms with Crippen LogP contribution in [0.3, 0.4) is 0 Å². The second-order valence-corrected chi connectivity index (χ2v) is 9.04. The Morgan fingerprint density at radius 1 is 1.45 bits per heavy atom. The first kappa shape index (κ1) is 17.7. The van der Waals surface area contributed by atoms with Crippen molar-refractivity contribution in [1.29, 1.82) is 0 Å². The van der Waals surface area contributed by atoms with Gasteiger partial charge in [-0.15, -0.1) is 11.3 Å². The standard InChI is InChI=1S/C17H29N3S2/c1-5-21-14-9-8-13(11-14)20-16(18-4)19-12-17(2,3)15-7-6-10-22-15/h6-7,10,13-14H,5,8-9,11-12H2,1-4H3,(H2,18,19,20). The zero-order chi connectivity index (χ0) is 16.0. The highest BCUT2D eigenvalue weighted by Gasteiger charge is 2.26.